The number of nitrogens with zero attached hydrogens (tertiary/aromatic N) is 8. The lowest BCUT2D eigenvalue weighted by atomic mass is 10.1. The topological polar surface area (TPSA) is 545 Å². The maximum atomic E-state index is 12.7. The zero-order valence-electron chi connectivity index (χ0n) is 61.9. The fourth-order valence-corrected chi connectivity index (χ4v) is 12.3. The lowest BCUT2D eigenvalue weighted by molar-refractivity contribution is -0.197. The number of fused-ring (bicyclic) bond motifs is 3. The van der Waals surface area contributed by atoms with Gasteiger partial charge in [0.15, 0.2) is 42.3 Å². The number of amides is 2. The monoisotopic (exact) mass is 1530 g/mol. The molecule has 7 saturated heterocycles. The molecule has 10 N–H and O–H groups in total. The number of rotatable bonds is 17. The first-order valence-electron chi connectivity index (χ1n) is 34.0. The Morgan fingerprint density at radius 2 is 0.722 bits per heavy atom. The molecular formula is C67H98N12O29. The van der Waals surface area contributed by atoms with E-state index in [1.54, 1.807) is 0 Å². The number of nitrogen functional groups attached to an aromatic ring is 2. The van der Waals surface area contributed by atoms with Crippen LogP contribution in [-0.2, 0) is 126 Å². The van der Waals surface area contributed by atoms with Crippen molar-refractivity contribution in [3.8, 4) is 0 Å². The van der Waals surface area contributed by atoms with E-state index < -0.39 is 150 Å². The summed E-state index contributed by atoms with van der Waals surface area (Å²) in [6, 6.07) is 0. The van der Waals surface area contributed by atoms with Gasteiger partial charge in [-0.25, -0.2) is 19.2 Å². The minimum atomic E-state index is -1.48. The van der Waals surface area contributed by atoms with Crippen molar-refractivity contribution in [1.29, 1.82) is 0 Å². The third kappa shape index (κ3) is 21.9. The van der Waals surface area contributed by atoms with E-state index in [9.17, 15) is 68.1 Å². The molecule has 4 unspecified atom stereocenters. The zero-order valence-corrected chi connectivity index (χ0v) is 61.9. The van der Waals surface area contributed by atoms with Crippen LogP contribution in [0.25, 0.3) is 0 Å². The Balaban J connectivity index is 0.000000218. The number of esters is 5. The Kier molecular flexibility index (Phi) is 30.1. The minimum Gasteiger partial charge on any atom is -0.461 e. The lowest BCUT2D eigenvalue weighted by Crippen LogP contribution is -2.36. The number of aliphatic hydroxyl groups is 4. The standard InChI is InChI=1S/C18H25N3O7.C16H23N3O6.C14H19N3O8.C14H21N3O5.C4H6O3.CH4/c1-6-12-13-14(28-18(4,5)27-13)16(26-12)21-7-11(8-25-10(3)23)15(19-9(2)22)20-17(21)24;1-5-10-11-12(25-16(3,4)24-11)14(23-10)19-6-9(7-22-8(2)20)13(17)18-15(19)21;1-6(19)15-12-8(5-24-7(2)20)3-17(14(23)16-12)13-11(22)10(21)9(4-18)25-13;1-4-8-9-10(22-14(2,3)21-9)12(20-8)17-5-7(6-18)11(15)16-13(17)19;1-3(5)7-4(2)6;/h7,12-14,16H,6,8H2,1-5H3,(H,19,20,22,24);6,10-12,14H,5,7H2,1-4H3,(H2,17,18,21);3,9-11,13,18,21-22H,4-5H2,1-2H3,(H,15,16,19,23);5,8-10,12,18H,4,6H2,1-3H3,(H2,15,16,19);1-2H3;1H4/t12-,13?,14+,16-;10-,11?,12+,14-;9-,10?,11+,13-;8-,9?,10+,12-;;/m1111../s1. The summed E-state index contributed by atoms with van der Waals surface area (Å²) in [5, 5.41) is 43.1. The summed E-state index contributed by atoms with van der Waals surface area (Å²) in [7, 11) is 0. The molecule has 4 aromatic heterocycles. The minimum absolute atomic E-state index is 0. The molecule has 41 nitrogen and oxygen atoms in total. The summed E-state index contributed by atoms with van der Waals surface area (Å²) in [6.45, 7) is 24.1. The smallest absolute Gasteiger partial charge is 0.351 e. The molecule has 0 saturated carbocycles. The van der Waals surface area contributed by atoms with Crippen molar-refractivity contribution < 1.29 is 120 Å². The number of hydrogen-bond acceptors (Lipinski definition) is 35. The van der Waals surface area contributed by atoms with Crippen LogP contribution in [0.5, 0.6) is 0 Å². The van der Waals surface area contributed by atoms with Gasteiger partial charge in [-0.15, -0.1) is 0 Å². The molecular weight excluding hydrogens is 1440 g/mol. The normalized spacial score (nSPS) is 27.4. The molecule has 2 amide bonds. The van der Waals surface area contributed by atoms with E-state index >= 15 is 0 Å². The van der Waals surface area contributed by atoms with Crippen LogP contribution in [0.3, 0.4) is 0 Å². The number of ether oxygens (including phenoxy) is 14. The number of carbonyl (C=O) groups excluding carboxylic acids is 7. The first-order chi connectivity index (χ1) is 50.0. The van der Waals surface area contributed by atoms with E-state index in [1.165, 1.54) is 87.0 Å². The van der Waals surface area contributed by atoms with Gasteiger partial charge in [-0.05, 0) is 60.8 Å². The average Bonchev–Trinajstić information content (AvgIpc) is 1.61. The first-order valence-corrected chi connectivity index (χ1v) is 34.0. The Labute approximate surface area is 618 Å². The highest BCUT2D eigenvalue weighted by Crippen LogP contribution is 2.46. The summed E-state index contributed by atoms with van der Waals surface area (Å²) < 4.78 is 82.4. The van der Waals surface area contributed by atoms with E-state index in [-0.39, 0.29) is 99.3 Å². The highest BCUT2D eigenvalue weighted by molar-refractivity contribution is 5.89. The van der Waals surface area contributed by atoms with E-state index in [2.05, 4.69) is 35.3 Å². The second kappa shape index (κ2) is 37.0. The second-order valence-corrected chi connectivity index (χ2v) is 26.6. The summed E-state index contributed by atoms with van der Waals surface area (Å²) >= 11 is 0. The van der Waals surface area contributed by atoms with Gasteiger partial charge >= 0.3 is 52.6 Å². The molecule has 0 spiro atoms. The summed E-state index contributed by atoms with van der Waals surface area (Å²) in [6.07, 6.45) is -2.33. The Hall–Kier alpha value is -8.95. The van der Waals surface area contributed by atoms with Gasteiger partial charge in [0.25, 0.3) is 0 Å². The average molecular weight is 1540 g/mol. The summed E-state index contributed by atoms with van der Waals surface area (Å²) in [5.74, 6) is -5.82. The molecule has 11 heterocycles. The van der Waals surface area contributed by atoms with Crippen LogP contribution in [0, 0.1) is 0 Å². The summed E-state index contributed by atoms with van der Waals surface area (Å²) in [4.78, 5) is 140. The van der Waals surface area contributed by atoms with Gasteiger partial charge < -0.3 is 109 Å². The number of anilines is 4. The van der Waals surface area contributed by atoms with E-state index in [1.807, 2.05) is 62.3 Å². The molecule has 4 aromatic rings. The molecule has 0 aliphatic carbocycles. The first kappa shape index (κ1) is 88.0. The van der Waals surface area contributed by atoms with Crippen LogP contribution < -0.4 is 44.9 Å². The van der Waals surface area contributed by atoms with Crippen molar-refractivity contribution >= 4 is 64.9 Å². The maximum absolute atomic E-state index is 12.7. The molecule has 7 fully saturated rings. The number of aromatic nitrogens is 8. The van der Waals surface area contributed by atoms with Crippen molar-refractivity contribution in [3.63, 3.8) is 0 Å². The predicted molar refractivity (Wildman–Crippen MR) is 370 cm³/mol. The fraction of sp³-hybridized carbons (Fsp3) is 0.657. The van der Waals surface area contributed by atoms with Crippen molar-refractivity contribution in [2.75, 3.05) is 28.7 Å². The SMILES string of the molecule is C.CC(=O)Nc1nc(=O)n([C@@H]2O[C@H](CO)C(O)[C@@H]2O)cc1COC(C)=O.CC(=O)OC(C)=O.CC[C@H]1O[C@@H](n2cc(CO)c(N)nc2=O)[C@H]2OC(C)(C)OC12.CC[C@H]1O[C@@H](n2cc(COC(C)=O)c(N)nc2=O)[C@H]2OC(C)(C)OC12.CC[C@H]1O[C@@H](n2cc(COC(C)=O)c(NC(C)=O)nc2=O)[C@H]2OC(C)(C)OC12. The van der Waals surface area contributed by atoms with Crippen molar-refractivity contribution in [2.45, 2.75) is 279 Å². The lowest BCUT2D eigenvalue weighted by Gasteiger charge is -2.25. The van der Waals surface area contributed by atoms with E-state index in [0.717, 1.165) is 11.0 Å². The quantitative estimate of drug-likeness (QED) is 0.0407. The van der Waals surface area contributed by atoms with E-state index in [0.29, 0.717) is 29.5 Å². The van der Waals surface area contributed by atoms with Gasteiger partial charge in [0, 0.05) is 95.5 Å². The van der Waals surface area contributed by atoms with Crippen molar-refractivity contribution in [2.24, 2.45) is 0 Å². The predicted octanol–water partition coefficient (Wildman–Crippen LogP) is 0.562. The molecule has 16 atom stereocenters. The van der Waals surface area contributed by atoms with Crippen LogP contribution in [0.4, 0.5) is 23.3 Å². The van der Waals surface area contributed by atoms with Crippen LogP contribution >= 0.6 is 0 Å². The highest BCUT2D eigenvalue weighted by atomic mass is 16.8. The van der Waals surface area contributed by atoms with Gasteiger partial charge in [0.2, 0.25) is 11.8 Å². The maximum Gasteiger partial charge on any atom is 0.351 e. The fourth-order valence-electron chi connectivity index (χ4n) is 12.3. The number of hydrogen-bond donors (Lipinski definition) is 8. The van der Waals surface area contributed by atoms with Gasteiger partial charge in [0.05, 0.1) is 31.5 Å². The summed E-state index contributed by atoms with van der Waals surface area (Å²) in [5.41, 5.74) is 10.1. The Morgan fingerprint density at radius 1 is 0.435 bits per heavy atom. The van der Waals surface area contributed by atoms with Gasteiger partial charge in [0.1, 0.15) is 98.0 Å². The van der Waals surface area contributed by atoms with Crippen LogP contribution in [0.15, 0.2) is 44.0 Å². The van der Waals surface area contributed by atoms with Gasteiger partial charge in [-0.3, -0.25) is 51.8 Å². The van der Waals surface area contributed by atoms with Crippen LogP contribution in [0.2, 0.25) is 0 Å². The van der Waals surface area contributed by atoms with Crippen molar-refractivity contribution in [1.82, 2.24) is 38.2 Å². The number of aliphatic hydroxyl groups excluding tert-OH is 4. The van der Waals surface area contributed by atoms with Crippen LogP contribution in [-0.4, -0.2) is 198 Å². The number of nitrogens with two attached hydrogens (primary N) is 2. The van der Waals surface area contributed by atoms with Crippen molar-refractivity contribution in [3.05, 3.63) is 89.0 Å². The number of carbonyl (C=O) groups is 7. The Morgan fingerprint density at radius 3 is 1.01 bits per heavy atom. The van der Waals surface area contributed by atoms with Gasteiger partial charge in [-0.2, -0.15) is 19.9 Å². The molecule has 0 aromatic carbocycles. The largest absolute Gasteiger partial charge is 0.461 e. The Bertz CT molecular complexity index is 4130. The van der Waals surface area contributed by atoms with E-state index in [4.69, 9.17) is 78.2 Å². The molecule has 41 heteroatoms. The number of nitrogens with one attached hydrogen (secondary N) is 2. The highest BCUT2D eigenvalue weighted by Gasteiger charge is 2.58. The third-order valence-electron chi connectivity index (χ3n) is 16.7. The third-order valence-corrected chi connectivity index (χ3v) is 16.7. The molecule has 0 radical (unpaired) electrons. The molecule has 600 valence electrons. The molecule has 7 aliphatic rings. The molecule has 7 aliphatic heterocycles. The molecule has 11 rings (SSSR count). The van der Waals surface area contributed by atoms with Gasteiger partial charge in [-0.1, -0.05) is 28.2 Å². The molecule has 108 heavy (non-hydrogen) atoms. The van der Waals surface area contributed by atoms with Crippen LogP contribution in [0.1, 0.15) is 185 Å². The zero-order chi connectivity index (χ0) is 79.6. The molecule has 0 bridgehead atoms. The second-order valence-electron chi connectivity index (χ2n) is 26.6.